The lowest BCUT2D eigenvalue weighted by atomic mass is 9.99. The van der Waals surface area contributed by atoms with Crippen LogP contribution in [0.4, 0.5) is 4.39 Å². The minimum absolute atomic E-state index is 0.215. The number of nitrogens with one attached hydrogen (secondary N) is 1. The second kappa shape index (κ2) is 9.04. The molecule has 8 heteroatoms. The number of sulfonamides is 1. The Labute approximate surface area is 197 Å². The fourth-order valence-corrected chi connectivity index (χ4v) is 6.00. The second-order valence-corrected chi connectivity index (χ2v) is 10.1. The van der Waals surface area contributed by atoms with E-state index in [9.17, 15) is 17.6 Å². The zero-order valence-electron chi connectivity index (χ0n) is 18.3. The molecule has 6 nitrogen and oxygen atoms in total. The monoisotopic (exact) mass is 478 g/mol. The minimum Gasteiger partial charge on any atom is -0.443 e. The first-order valence-electron chi connectivity index (χ1n) is 11.1. The highest BCUT2D eigenvalue weighted by atomic mass is 32.2. The molecule has 34 heavy (non-hydrogen) atoms. The first-order chi connectivity index (χ1) is 16.4. The number of hydrogen-bond acceptors (Lipinski definition) is 4. The molecular formula is C26H23FN2O4S. The van der Waals surface area contributed by atoms with Gasteiger partial charge in [-0.15, -0.1) is 0 Å². The van der Waals surface area contributed by atoms with Gasteiger partial charge in [0.1, 0.15) is 17.4 Å². The van der Waals surface area contributed by atoms with Gasteiger partial charge in [0.25, 0.3) is 10.0 Å². The number of benzene rings is 3. The van der Waals surface area contributed by atoms with E-state index in [4.69, 9.17) is 4.42 Å². The van der Waals surface area contributed by atoms with Crippen LogP contribution in [0.25, 0.3) is 22.1 Å². The molecule has 0 aliphatic carbocycles. The number of carbonyl (C=O) groups is 1. The average Bonchev–Trinajstić information content (AvgIpc) is 3.51. The highest BCUT2D eigenvalue weighted by molar-refractivity contribution is 7.89. The highest BCUT2D eigenvalue weighted by Crippen LogP contribution is 2.31. The van der Waals surface area contributed by atoms with E-state index in [1.54, 1.807) is 0 Å². The zero-order chi connectivity index (χ0) is 23.7. The SMILES string of the molecule is O=C(NCc1ccccc1-c1ccccc1)[C@@H]1CCCN1S(=O)(=O)c1cc2cc(F)ccc2o1. The van der Waals surface area contributed by atoms with Crippen LogP contribution in [0, 0.1) is 5.82 Å². The smallest absolute Gasteiger partial charge is 0.277 e. The molecule has 3 aromatic carbocycles. The Morgan fingerprint density at radius 3 is 2.62 bits per heavy atom. The van der Waals surface area contributed by atoms with Gasteiger partial charge >= 0.3 is 0 Å². The van der Waals surface area contributed by atoms with Crippen molar-refractivity contribution in [1.29, 1.82) is 0 Å². The van der Waals surface area contributed by atoms with Crippen molar-refractivity contribution in [2.24, 2.45) is 0 Å². The Kier molecular flexibility index (Phi) is 5.93. The van der Waals surface area contributed by atoms with E-state index in [1.165, 1.54) is 28.6 Å². The molecule has 1 saturated heterocycles. The molecule has 1 N–H and O–H groups in total. The van der Waals surface area contributed by atoms with Gasteiger partial charge in [-0.25, -0.2) is 12.8 Å². The third kappa shape index (κ3) is 4.22. The van der Waals surface area contributed by atoms with E-state index in [0.29, 0.717) is 18.2 Å². The molecule has 1 aromatic heterocycles. The fourth-order valence-electron chi connectivity index (χ4n) is 4.40. The van der Waals surface area contributed by atoms with Crippen molar-refractivity contribution in [2.75, 3.05) is 6.54 Å². The molecule has 174 valence electrons. The fraction of sp³-hybridized carbons (Fsp3) is 0.192. The van der Waals surface area contributed by atoms with Crippen LogP contribution in [0.2, 0.25) is 0 Å². The summed E-state index contributed by atoms with van der Waals surface area (Å²) >= 11 is 0. The van der Waals surface area contributed by atoms with Gasteiger partial charge in [-0.3, -0.25) is 4.79 Å². The van der Waals surface area contributed by atoms with Crippen molar-refractivity contribution in [3.05, 3.63) is 90.2 Å². The maximum Gasteiger partial charge on any atom is 0.277 e. The second-order valence-electron chi connectivity index (χ2n) is 8.26. The quantitative estimate of drug-likeness (QED) is 0.435. The minimum atomic E-state index is -4.06. The number of amides is 1. The lowest BCUT2D eigenvalue weighted by molar-refractivity contribution is -0.124. The number of carbonyl (C=O) groups excluding carboxylic acids is 1. The van der Waals surface area contributed by atoms with Crippen molar-refractivity contribution < 1.29 is 22.0 Å². The summed E-state index contributed by atoms with van der Waals surface area (Å²) in [6.45, 7) is 0.491. The van der Waals surface area contributed by atoms with Crippen LogP contribution >= 0.6 is 0 Å². The van der Waals surface area contributed by atoms with Crippen molar-refractivity contribution in [3.63, 3.8) is 0 Å². The number of hydrogen-bond donors (Lipinski definition) is 1. The number of nitrogens with zero attached hydrogens (tertiary/aromatic N) is 1. The van der Waals surface area contributed by atoms with E-state index >= 15 is 0 Å². The van der Waals surface area contributed by atoms with Gasteiger partial charge in [-0.2, -0.15) is 4.31 Å². The van der Waals surface area contributed by atoms with Gasteiger partial charge in [-0.1, -0.05) is 54.6 Å². The van der Waals surface area contributed by atoms with E-state index in [-0.39, 0.29) is 29.7 Å². The first-order valence-corrected chi connectivity index (χ1v) is 12.5. The Balaban J connectivity index is 1.35. The van der Waals surface area contributed by atoms with Gasteiger partial charge in [0, 0.05) is 24.5 Å². The van der Waals surface area contributed by atoms with E-state index in [1.807, 2.05) is 54.6 Å². The lowest BCUT2D eigenvalue weighted by Gasteiger charge is -2.22. The molecule has 0 saturated carbocycles. The molecule has 2 heterocycles. The molecule has 1 aliphatic heterocycles. The molecule has 0 radical (unpaired) electrons. The number of rotatable bonds is 6. The Morgan fingerprint density at radius 1 is 1.03 bits per heavy atom. The summed E-state index contributed by atoms with van der Waals surface area (Å²) in [5.74, 6) is -0.836. The van der Waals surface area contributed by atoms with Gasteiger partial charge in [0.15, 0.2) is 0 Å². The number of furan rings is 1. The molecule has 1 aliphatic rings. The van der Waals surface area contributed by atoms with E-state index in [0.717, 1.165) is 16.7 Å². The first kappa shape index (κ1) is 22.3. The topological polar surface area (TPSA) is 79.6 Å². The highest BCUT2D eigenvalue weighted by Gasteiger charge is 2.41. The molecular weight excluding hydrogens is 455 g/mol. The summed E-state index contributed by atoms with van der Waals surface area (Å²) in [6.07, 6.45) is 0.979. The van der Waals surface area contributed by atoms with Crippen LogP contribution in [0.15, 0.2) is 88.4 Å². The average molecular weight is 479 g/mol. The molecule has 1 atom stereocenters. The third-order valence-electron chi connectivity index (χ3n) is 6.08. The molecule has 0 bridgehead atoms. The maximum atomic E-state index is 13.5. The maximum absolute atomic E-state index is 13.5. The van der Waals surface area contributed by atoms with Crippen LogP contribution in [0.3, 0.4) is 0 Å². The summed E-state index contributed by atoms with van der Waals surface area (Å²) in [5.41, 5.74) is 3.26. The molecule has 0 unspecified atom stereocenters. The molecule has 5 rings (SSSR count). The zero-order valence-corrected chi connectivity index (χ0v) is 19.1. The summed E-state index contributed by atoms with van der Waals surface area (Å²) in [7, 11) is -4.06. The Morgan fingerprint density at radius 2 is 1.79 bits per heavy atom. The Hall–Kier alpha value is -3.49. The summed E-state index contributed by atoms with van der Waals surface area (Å²) in [4.78, 5) is 13.1. The van der Waals surface area contributed by atoms with Crippen LogP contribution in [0.5, 0.6) is 0 Å². The van der Waals surface area contributed by atoms with Gasteiger partial charge in [0.2, 0.25) is 11.0 Å². The van der Waals surface area contributed by atoms with Gasteiger partial charge in [0.05, 0.1) is 0 Å². The van der Waals surface area contributed by atoms with Crippen LogP contribution in [-0.2, 0) is 21.4 Å². The van der Waals surface area contributed by atoms with Crippen LogP contribution in [-0.4, -0.2) is 31.2 Å². The molecule has 0 spiro atoms. The number of fused-ring (bicyclic) bond motifs is 1. The molecule has 1 fully saturated rings. The van der Waals surface area contributed by atoms with E-state index < -0.39 is 21.9 Å². The molecule has 4 aromatic rings. The van der Waals surface area contributed by atoms with E-state index in [2.05, 4.69) is 5.32 Å². The van der Waals surface area contributed by atoms with Crippen molar-refractivity contribution in [3.8, 4) is 11.1 Å². The van der Waals surface area contributed by atoms with Gasteiger partial charge in [-0.05, 0) is 47.7 Å². The third-order valence-corrected chi connectivity index (χ3v) is 7.84. The number of halogens is 1. The van der Waals surface area contributed by atoms with Gasteiger partial charge < -0.3 is 9.73 Å². The summed E-state index contributed by atoms with van der Waals surface area (Å²) < 4.78 is 46.7. The molecule has 1 amide bonds. The Bertz CT molecular complexity index is 1450. The van der Waals surface area contributed by atoms with Crippen molar-refractivity contribution in [1.82, 2.24) is 9.62 Å². The van der Waals surface area contributed by atoms with Crippen LogP contribution < -0.4 is 5.32 Å². The van der Waals surface area contributed by atoms with Crippen LogP contribution in [0.1, 0.15) is 18.4 Å². The predicted molar refractivity (Wildman–Crippen MR) is 127 cm³/mol. The normalized spacial score (nSPS) is 16.7. The summed E-state index contributed by atoms with van der Waals surface area (Å²) in [6, 6.07) is 21.9. The lowest BCUT2D eigenvalue weighted by Crippen LogP contribution is -2.45. The summed E-state index contributed by atoms with van der Waals surface area (Å²) in [5, 5.41) is 2.98. The van der Waals surface area contributed by atoms with Crippen molar-refractivity contribution in [2.45, 2.75) is 30.5 Å². The van der Waals surface area contributed by atoms with Crippen molar-refractivity contribution >= 4 is 26.9 Å². The largest absolute Gasteiger partial charge is 0.443 e. The standard InChI is InChI=1S/C26H23FN2O4S/c27-21-12-13-24-20(15-21)16-25(33-24)34(31,32)29-14-6-11-23(29)26(30)28-17-19-9-4-5-10-22(19)18-7-2-1-3-8-18/h1-5,7-10,12-13,15-16,23H,6,11,14,17H2,(H,28,30)/t23-/m0/s1. The predicted octanol–water partition coefficient (Wildman–Crippen LogP) is 4.71.